The maximum Gasteiger partial charge on any atom is 0.416 e. The quantitative estimate of drug-likeness (QED) is 0.786. The van der Waals surface area contributed by atoms with Gasteiger partial charge in [-0.15, -0.1) is 10.2 Å². The van der Waals surface area contributed by atoms with Crippen LogP contribution in [-0.4, -0.2) is 19.8 Å². The molecule has 0 aliphatic heterocycles. The number of benzene rings is 1. The number of aromatic nitrogens is 4. The molecule has 0 aliphatic rings. The van der Waals surface area contributed by atoms with E-state index in [1.165, 1.54) is 23.0 Å². The highest BCUT2D eigenvalue weighted by Crippen LogP contribution is 2.35. The summed E-state index contributed by atoms with van der Waals surface area (Å²) in [5, 5.41) is 15.2. The molecule has 0 saturated carbocycles. The third kappa shape index (κ3) is 3.04. The maximum atomic E-state index is 13.2. The van der Waals surface area contributed by atoms with Crippen molar-refractivity contribution >= 4 is 11.3 Å². The molecule has 0 fully saturated rings. The molecule has 0 bridgehead atoms. The topological polar surface area (TPSA) is 55.1 Å². The van der Waals surface area contributed by atoms with Gasteiger partial charge in [0.05, 0.1) is 16.9 Å². The normalized spacial score (nSPS) is 13.2. The fraction of sp³-hybridized carbons (Fsp3) is 0.312. The molecule has 3 rings (SSSR count). The van der Waals surface area contributed by atoms with Gasteiger partial charge in [-0.2, -0.15) is 22.8 Å². The van der Waals surface area contributed by atoms with Crippen molar-refractivity contribution in [3.8, 4) is 0 Å². The van der Waals surface area contributed by atoms with Gasteiger partial charge < -0.3 is 5.32 Å². The number of alkyl halides is 3. The molecule has 24 heavy (non-hydrogen) atoms. The van der Waals surface area contributed by atoms with E-state index in [0.717, 1.165) is 11.8 Å². The highest BCUT2D eigenvalue weighted by atomic mass is 19.4. The van der Waals surface area contributed by atoms with Gasteiger partial charge in [-0.25, -0.2) is 0 Å². The average molecular weight is 335 g/mol. The summed E-state index contributed by atoms with van der Waals surface area (Å²) in [6, 6.07) is 6.77. The van der Waals surface area contributed by atoms with Gasteiger partial charge in [0.1, 0.15) is 6.33 Å². The summed E-state index contributed by atoms with van der Waals surface area (Å²) in [7, 11) is 0. The summed E-state index contributed by atoms with van der Waals surface area (Å²) in [6.45, 7) is 3.63. The molecule has 8 heteroatoms. The van der Waals surface area contributed by atoms with Gasteiger partial charge in [0.25, 0.3) is 0 Å². The number of hydrogen-bond acceptors (Lipinski definition) is 4. The van der Waals surface area contributed by atoms with Crippen molar-refractivity contribution in [1.82, 2.24) is 19.8 Å². The number of hydrogen-bond donors (Lipinski definition) is 1. The van der Waals surface area contributed by atoms with Crippen LogP contribution in [0.5, 0.6) is 0 Å². The summed E-state index contributed by atoms with van der Waals surface area (Å²) in [5.74, 6) is 0. The van der Waals surface area contributed by atoms with Crippen LogP contribution in [0.4, 0.5) is 18.9 Å². The molecule has 1 N–H and O–H groups in total. The number of nitrogens with one attached hydrogen (secondary N) is 1. The first kappa shape index (κ1) is 16.2. The molecule has 0 amide bonds. The van der Waals surface area contributed by atoms with Crippen molar-refractivity contribution in [2.75, 3.05) is 5.32 Å². The van der Waals surface area contributed by atoms with Gasteiger partial charge in [-0.3, -0.25) is 0 Å². The highest BCUT2D eigenvalue weighted by molar-refractivity contribution is 5.67. The van der Waals surface area contributed by atoms with Crippen LogP contribution in [0.3, 0.4) is 0 Å². The Balaban J connectivity index is 1.99. The summed E-state index contributed by atoms with van der Waals surface area (Å²) in [4.78, 5) is 0. The summed E-state index contributed by atoms with van der Waals surface area (Å²) in [6.07, 6.45) is -2.24. The molecular weight excluding hydrogens is 319 g/mol. The van der Waals surface area contributed by atoms with Crippen LogP contribution in [0, 0.1) is 0 Å². The van der Waals surface area contributed by atoms with Crippen molar-refractivity contribution in [2.45, 2.75) is 32.5 Å². The van der Waals surface area contributed by atoms with E-state index in [0.29, 0.717) is 17.8 Å². The number of halogens is 3. The minimum absolute atomic E-state index is 0.178. The summed E-state index contributed by atoms with van der Waals surface area (Å²) in [5.41, 5.74) is 1.40. The Hall–Kier alpha value is -2.64. The fourth-order valence-corrected chi connectivity index (χ4v) is 2.60. The summed E-state index contributed by atoms with van der Waals surface area (Å²) >= 11 is 0. The largest absolute Gasteiger partial charge is 0.416 e. The van der Waals surface area contributed by atoms with Crippen molar-refractivity contribution in [3.63, 3.8) is 0 Å². The van der Waals surface area contributed by atoms with E-state index in [9.17, 15) is 13.2 Å². The van der Waals surface area contributed by atoms with Crippen LogP contribution >= 0.6 is 0 Å². The molecule has 1 aromatic carbocycles. The first-order valence-corrected chi connectivity index (χ1v) is 7.52. The molecule has 2 heterocycles. The molecule has 5 nitrogen and oxygen atoms in total. The van der Waals surface area contributed by atoms with Crippen LogP contribution in [-0.2, 0) is 12.6 Å². The van der Waals surface area contributed by atoms with Crippen molar-refractivity contribution in [1.29, 1.82) is 0 Å². The van der Waals surface area contributed by atoms with E-state index in [2.05, 4.69) is 20.6 Å². The van der Waals surface area contributed by atoms with E-state index in [4.69, 9.17) is 0 Å². The molecule has 0 radical (unpaired) electrons. The van der Waals surface area contributed by atoms with Crippen molar-refractivity contribution < 1.29 is 13.2 Å². The number of anilines is 1. The first-order valence-electron chi connectivity index (χ1n) is 7.52. The minimum atomic E-state index is -4.40. The average Bonchev–Trinajstić information content (AvgIpc) is 3.02. The zero-order valence-corrected chi connectivity index (χ0v) is 13.2. The first-order chi connectivity index (χ1) is 11.4. The van der Waals surface area contributed by atoms with Gasteiger partial charge in [0.2, 0.25) is 5.65 Å². The summed E-state index contributed by atoms with van der Waals surface area (Å²) < 4.78 is 41.1. The lowest BCUT2D eigenvalue weighted by atomic mass is 10.0. The molecule has 2 aromatic heterocycles. The van der Waals surface area contributed by atoms with Crippen molar-refractivity contribution in [2.24, 2.45) is 0 Å². The molecular formula is C16H16F3N5. The van der Waals surface area contributed by atoms with Gasteiger partial charge in [0, 0.05) is 6.04 Å². The third-order valence-corrected chi connectivity index (χ3v) is 3.79. The number of aryl methyl sites for hydroxylation is 1. The van der Waals surface area contributed by atoms with E-state index >= 15 is 0 Å². The lowest BCUT2D eigenvalue weighted by Crippen LogP contribution is -2.16. The van der Waals surface area contributed by atoms with Gasteiger partial charge >= 0.3 is 6.18 Å². The van der Waals surface area contributed by atoms with Crippen LogP contribution in [0.25, 0.3) is 5.65 Å². The number of fused-ring (bicyclic) bond motifs is 1. The Morgan fingerprint density at radius 1 is 1.25 bits per heavy atom. The SMILES string of the molecule is CCc1cc(NC(C)c2ccccc2C(F)(F)F)c2nncn2n1. The van der Waals surface area contributed by atoms with Gasteiger partial charge in [0.15, 0.2) is 0 Å². The lowest BCUT2D eigenvalue weighted by Gasteiger charge is -2.20. The van der Waals surface area contributed by atoms with Crippen LogP contribution in [0.15, 0.2) is 36.7 Å². The molecule has 126 valence electrons. The Morgan fingerprint density at radius 2 is 2.00 bits per heavy atom. The minimum Gasteiger partial charge on any atom is -0.375 e. The predicted octanol–water partition coefficient (Wildman–Crippen LogP) is 3.88. The Bertz CT molecular complexity index is 856. The molecule has 0 saturated heterocycles. The molecule has 1 unspecified atom stereocenters. The van der Waals surface area contributed by atoms with E-state index in [1.807, 2.05) is 6.92 Å². The second kappa shape index (κ2) is 6.10. The predicted molar refractivity (Wildman–Crippen MR) is 83.6 cm³/mol. The lowest BCUT2D eigenvalue weighted by molar-refractivity contribution is -0.138. The fourth-order valence-electron chi connectivity index (χ4n) is 2.60. The zero-order valence-electron chi connectivity index (χ0n) is 13.2. The van der Waals surface area contributed by atoms with Crippen LogP contribution < -0.4 is 5.32 Å². The second-order valence-electron chi connectivity index (χ2n) is 5.45. The van der Waals surface area contributed by atoms with Gasteiger partial charge in [-0.1, -0.05) is 25.1 Å². The Morgan fingerprint density at radius 3 is 2.71 bits per heavy atom. The van der Waals surface area contributed by atoms with E-state index in [-0.39, 0.29) is 5.56 Å². The van der Waals surface area contributed by atoms with E-state index < -0.39 is 17.8 Å². The van der Waals surface area contributed by atoms with Crippen molar-refractivity contribution in [3.05, 3.63) is 53.5 Å². The van der Waals surface area contributed by atoms with E-state index in [1.54, 1.807) is 19.1 Å². The Kier molecular flexibility index (Phi) is 4.13. The number of nitrogens with zero attached hydrogens (tertiary/aromatic N) is 4. The van der Waals surface area contributed by atoms with Crippen LogP contribution in [0.2, 0.25) is 0 Å². The second-order valence-corrected chi connectivity index (χ2v) is 5.45. The molecule has 1 atom stereocenters. The standard InChI is InChI=1S/C16H16F3N5/c1-3-11-8-14(15-22-20-9-24(15)23-11)21-10(2)12-6-4-5-7-13(12)16(17,18)19/h4-10,21H,3H2,1-2H3. The molecule has 3 aromatic rings. The zero-order chi connectivity index (χ0) is 17.3. The Labute approximate surface area is 136 Å². The van der Waals surface area contributed by atoms with Gasteiger partial charge in [-0.05, 0) is 31.0 Å². The third-order valence-electron chi connectivity index (χ3n) is 3.79. The highest BCUT2D eigenvalue weighted by Gasteiger charge is 2.34. The molecule has 0 aliphatic carbocycles. The smallest absolute Gasteiger partial charge is 0.375 e. The van der Waals surface area contributed by atoms with Crippen LogP contribution in [0.1, 0.15) is 36.7 Å². The molecule has 0 spiro atoms. The number of rotatable bonds is 4. The monoisotopic (exact) mass is 335 g/mol. The maximum absolute atomic E-state index is 13.2.